The van der Waals surface area contributed by atoms with Gasteiger partial charge in [0.15, 0.2) is 0 Å². The Morgan fingerprint density at radius 2 is 1.43 bits per heavy atom. The van der Waals surface area contributed by atoms with Crippen molar-refractivity contribution >= 4 is 50.2 Å². The van der Waals surface area contributed by atoms with Gasteiger partial charge in [0.1, 0.15) is 0 Å². The third-order valence-corrected chi connectivity index (χ3v) is 14.8. The van der Waals surface area contributed by atoms with Crippen LogP contribution in [0.2, 0.25) is 0 Å². The third-order valence-electron chi connectivity index (χ3n) is 14.8. The van der Waals surface area contributed by atoms with Crippen LogP contribution in [0.4, 0.5) is 11.4 Å². The molecule has 3 aliphatic carbocycles. The summed E-state index contributed by atoms with van der Waals surface area (Å²) < 4.78 is 2.30. The average Bonchev–Trinajstić information content (AvgIpc) is 3.91. The number of benzene rings is 7. The highest BCUT2D eigenvalue weighted by atomic mass is 15.2. The van der Waals surface area contributed by atoms with Gasteiger partial charge in [0.2, 0.25) is 5.95 Å². The van der Waals surface area contributed by atoms with Crippen molar-refractivity contribution < 1.29 is 0 Å². The molecule has 3 unspecified atom stereocenters. The van der Waals surface area contributed by atoms with E-state index in [0.717, 1.165) is 39.6 Å². The van der Waals surface area contributed by atoms with Crippen LogP contribution in [-0.4, -0.2) is 20.6 Å². The first kappa shape index (κ1) is 35.0. The maximum atomic E-state index is 5.51. The molecule has 1 aliphatic heterocycles. The van der Waals surface area contributed by atoms with E-state index >= 15 is 0 Å². The molecule has 0 radical (unpaired) electrons. The first-order chi connectivity index (χ1) is 30.0. The normalized spacial score (nSPS) is 19.5. The van der Waals surface area contributed by atoms with Crippen LogP contribution < -0.4 is 4.90 Å². The molecule has 0 spiro atoms. The van der Waals surface area contributed by atoms with Crippen LogP contribution in [0.1, 0.15) is 84.7 Å². The molecule has 2 aromatic heterocycles. The lowest BCUT2D eigenvalue weighted by molar-refractivity contribution is 0.402. The third kappa shape index (κ3) is 5.11. The minimum Gasteiger partial charge on any atom is -0.338 e. The number of allylic oxidation sites excluding steroid dienone is 1. The standard InChI is InChI=1S/C57H46N4/c1-57(2)47-20-10-6-16-41(47)42-29-25-38(34-48(42)57)55-44-18-7-11-21-49(44)58-56(59-55)61-51-23-13-9-19-45(51)54-40-28-24-35(32-37(40)27-31-53(54)61)36-26-30-52-46(33-36)43-17-8-12-22-50(43)60(52)39-14-4-3-5-15-39/h3-7,9-11,13-16,18-21,23-31,33-35,43,50H,8,12,17,22,32H2,1-2H3. The van der Waals surface area contributed by atoms with Crippen LogP contribution in [0.3, 0.4) is 0 Å². The molecule has 1 fully saturated rings. The van der Waals surface area contributed by atoms with E-state index in [-0.39, 0.29) is 5.41 Å². The van der Waals surface area contributed by atoms with Crippen molar-refractivity contribution in [2.45, 2.75) is 69.2 Å². The Hall–Kier alpha value is -6.78. The van der Waals surface area contributed by atoms with E-state index in [1.54, 1.807) is 5.56 Å². The summed E-state index contributed by atoms with van der Waals surface area (Å²) in [5.74, 6) is 1.62. The Balaban J connectivity index is 0.915. The van der Waals surface area contributed by atoms with E-state index in [2.05, 4.69) is 187 Å². The molecule has 0 bridgehead atoms. The lowest BCUT2D eigenvalue weighted by Crippen LogP contribution is -2.32. The van der Waals surface area contributed by atoms with Gasteiger partial charge in [-0.15, -0.1) is 0 Å². The molecule has 0 amide bonds. The van der Waals surface area contributed by atoms with Crippen molar-refractivity contribution in [3.63, 3.8) is 0 Å². The molecule has 13 rings (SSSR count). The van der Waals surface area contributed by atoms with E-state index in [0.29, 0.717) is 23.8 Å². The molecular weight excluding hydrogens is 741 g/mol. The van der Waals surface area contributed by atoms with Crippen LogP contribution in [0, 0.1) is 0 Å². The fourth-order valence-corrected chi connectivity index (χ4v) is 11.9. The Labute approximate surface area is 356 Å². The Kier molecular flexibility index (Phi) is 7.53. The monoisotopic (exact) mass is 786 g/mol. The molecule has 294 valence electrons. The van der Waals surface area contributed by atoms with Crippen LogP contribution in [0.15, 0.2) is 158 Å². The molecule has 0 saturated heterocycles. The second-order valence-corrected chi connectivity index (χ2v) is 18.4. The summed E-state index contributed by atoms with van der Waals surface area (Å²) in [4.78, 5) is 13.5. The second kappa shape index (κ2) is 13.1. The van der Waals surface area contributed by atoms with Crippen molar-refractivity contribution in [2.75, 3.05) is 4.90 Å². The quantitative estimate of drug-likeness (QED) is 0.178. The number of nitrogens with zero attached hydrogens (tertiary/aromatic N) is 4. The van der Waals surface area contributed by atoms with Crippen molar-refractivity contribution in [1.82, 2.24) is 14.5 Å². The molecule has 61 heavy (non-hydrogen) atoms. The number of hydrogen-bond donors (Lipinski definition) is 0. The number of rotatable bonds is 4. The highest BCUT2D eigenvalue weighted by molar-refractivity contribution is 6.13. The second-order valence-electron chi connectivity index (χ2n) is 18.4. The Morgan fingerprint density at radius 1 is 0.639 bits per heavy atom. The number of aromatic nitrogens is 3. The zero-order valence-electron chi connectivity index (χ0n) is 34.6. The minimum atomic E-state index is -0.103. The van der Waals surface area contributed by atoms with Gasteiger partial charge in [-0.3, -0.25) is 4.57 Å². The number of anilines is 2. The summed E-state index contributed by atoms with van der Waals surface area (Å²) in [6.45, 7) is 4.69. The highest BCUT2D eigenvalue weighted by Gasteiger charge is 2.41. The Morgan fingerprint density at radius 3 is 2.34 bits per heavy atom. The molecule has 0 N–H and O–H groups in total. The summed E-state index contributed by atoms with van der Waals surface area (Å²) in [5.41, 5.74) is 19.0. The van der Waals surface area contributed by atoms with Crippen molar-refractivity contribution in [3.8, 4) is 28.3 Å². The Bertz CT molecular complexity index is 3300. The molecule has 9 aromatic rings. The molecule has 1 saturated carbocycles. The van der Waals surface area contributed by atoms with E-state index in [9.17, 15) is 0 Å². The van der Waals surface area contributed by atoms with Gasteiger partial charge in [-0.1, -0.05) is 148 Å². The lowest BCUT2D eigenvalue weighted by Gasteiger charge is -2.33. The predicted octanol–water partition coefficient (Wildman–Crippen LogP) is 14.2. The molecule has 4 heteroatoms. The highest BCUT2D eigenvalue weighted by Crippen LogP contribution is 2.53. The predicted molar refractivity (Wildman–Crippen MR) is 252 cm³/mol. The van der Waals surface area contributed by atoms with Gasteiger partial charge in [0.05, 0.1) is 22.2 Å². The van der Waals surface area contributed by atoms with Gasteiger partial charge in [-0.2, -0.15) is 0 Å². The van der Waals surface area contributed by atoms with Gasteiger partial charge in [0, 0.05) is 56.4 Å². The average molecular weight is 787 g/mol. The number of para-hydroxylation sites is 3. The van der Waals surface area contributed by atoms with Crippen LogP contribution >= 0.6 is 0 Å². The van der Waals surface area contributed by atoms with Crippen molar-refractivity contribution in [1.29, 1.82) is 0 Å². The molecule has 4 nitrogen and oxygen atoms in total. The van der Waals surface area contributed by atoms with Gasteiger partial charge < -0.3 is 4.90 Å². The summed E-state index contributed by atoms with van der Waals surface area (Å²) in [7, 11) is 0. The fraction of sp³-hybridized carbons (Fsp3) is 0.193. The maximum absolute atomic E-state index is 5.51. The number of fused-ring (bicyclic) bond motifs is 12. The van der Waals surface area contributed by atoms with Gasteiger partial charge in [-0.05, 0) is 106 Å². The zero-order chi connectivity index (χ0) is 40.4. The molecular formula is C57H46N4. The summed E-state index contributed by atoms with van der Waals surface area (Å²) >= 11 is 0. The van der Waals surface area contributed by atoms with E-state index < -0.39 is 0 Å². The lowest BCUT2D eigenvalue weighted by atomic mass is 9.80. The fourth-order valence-electron chi connectivity index (χ4n) is 11.9. The van der Waals surface area contributed by atoms with Crippen LogP contribution in [0.5, 0.6) is 0 Å². The van der Waals surface area contributed by atoms with Crippen LogP contribution in [0.25, 0.3) is 67.1 Å². The van der Waals surface area contributed by atoms with E-state index in [1.165, 1.54) is 86.8 Å². The summed E-state index contributed by atoms with van der Waals surface area (Å²) in [6.07, 6.45) is 11.0. The maximum Gasteiger partial charge on any atom is 0.235 e. The minimum absolute atomic E-state index is 0.103. The SMILES string of the molecule is CC1(C)c2ccccc2-c2ccc(-c3nc(-n4c5ccccc5c5c6c(ccc54)CC(c4ccc5c(c4)C4CCCCC4N5c4ccccc4)C=C6)nc4ccccc34)cc21. The van der Waals surface area contributed by atoms with Crippen molar-refractivity contribution in [3.05, 3.63) is 191 Å². The molecule has 3 heterocycles. The van der Waals surface area contributed by atoms with Gasteiger partial charge >= 0.3 is 0 Å². The van der Waals surface area contributed by atoms with E-state index in [4.69, 9.17) is 9.97 Å². The first-order valence-electron chi connectivity index (χ1n) is 22.2. The smallest absolute Gasteiger partial charge is 0.235 e. The van der Waals surface area contributed by atoms with Crippen LogP contribution in [-0.2, 0) is 11.8 Å². The largest absolute Gasteiger partial charge is 0.338 e. The molecule has 3 atom stereocenters. The number of hydrogen-bond acceptors (Lipinski definition) is 3. The van der Waals surface area contributed by atoms with Gasteiger partial charge in [0.25, 0.3) is 0 Å². The molecule has 4 aliphatic rings. The van der Waals surface area contributed by atoms with E-state index in [1.807, 2.05) is 0 Å². The first-order valence-corrected chi connectivity index (χ1v) is 22.2. The van der Waals surface area contributed by atoms with Crippen molar-refractivity contribution in [2.24, 2.45) is 0 Å². The summed E-state index contributed by atoms with van der Waals surface area (Å²) in [6, 6.07) is 56.8. The van der Waals surface area contributed by atoms with Gasteiger partial charge in [-0.25, -0.2) is 9.97 Å². The topological polar surface area (TPSA) is 34.0 Å². The zero-order valence-corrected chi connectivity index (χ0v) is 34.6. The molecule has 7 aromatic carbocycles. The summed E-state index contributed by atoms with van der Waals surface area (Å²) in [5, 5.41) is 3.57.